The van der Waals surface area contributed by atoms with E-state index in [1.165, 1.54) is 0 Å². The second-order valence-corrected chi connectivity index (χ2v) is 6.22. The maximum Gasteiger partial charge on any atom is 0.287 e. The molecule has 2 heterocycles. The lowest BCUT2D eigenvalue weighted by molar-refractivity contribution is 0.0919. The average Bonchev–Trinajstić information content (AvgIpc) is 3.26. The van der Waals surface area contributed by atoms with Crippen LogP contribution in [0.5, 0.6) is 5.75 Å². The van der Waals surface area contributed by atoms with Gasteiger partial charge in [0.15, 0.2) is 5.76 Å². The second kappa shape index (κ2) is 8.10. The summed E-state index contributed by atoms with van der Waals surface area (Å²) in [5.74, 6) is 1.23. The van der Waals surface area contributed by atoms with Crippen LogP contribution in [0.3, 0.4) is 0 Å². The fraction of sp³-hybridized carbons (Fsp3) is 0.263. The smallest absolute Gasteiger partial charge is 0.287 e. The summed E-state index contributed by atoms with van der Waals surface area (Å²) in [6, 6.07) is 10.4. The predicted octanol–water partition coefficient (Wildman–Crippen LogP) is 3.97. The van der Waals surface area contributed by atoms with Crippen LogP contribution in [0.1, 0.15) is 34.5 Å². The van der Waals surface area contributed by atoms with Gasteiger partial charge in [0, 0.05) is 29.9 Å². The summed E-state index contributed by atoms with van der Waals surface area (Å²) in [6.07, 6.45) is 1.93. The molecule has 6 nitrogen and oxygen atoms in total. The molecule has 0 saturated heterocycles. The van der Waals surface area contributed by atoms with Crippen molar-refractivity contribution in [3.8, 4) is 5.75 Å². The normalized spacial score (nSPS) is 10.7. The summed E-state index contributed by atoms with van der Waals surface area (Å²) >= 11 is 5.84. The third kappa shape index (κ3) is 4.46. The van der Waals surface area contributed by atoms with Gasteiger partial charge >= 0.3 is 0 Å². The monoisotopic (exact) mass is 373 g/mol. The third-order valence-corrected chi connectivity index (χ3v) is 4.14. The van der Waals surface area contributed by atoms with Crippen molar-refractivity contribution < 1.29 is 13.9 Å². The van der Waals surface area contributed by atoms with Crippen LogP contribution < -0.4 is 10.1 Å². The van der Waals surface area contributed by atoms with Gasteiger partial charge in [-0.2, -0.15) is 5.10 Å². The second-order valence-electron chi connectivity index (χ2n) is 5.79. The summed E-state index contributed by atoms with van der Waals surface area (Å²) < 4.78 is 13.0. The lowest BCUT2D eigenvalue weighted by atomic mass is 10.2. The van der Waals surface area contributed by atoms with Gasteiger partial charge in [-0.1, -0.05) is 11.6 Å². The molecule has 0 radical (unpaired) electrons. The molecular weight excluding hydrogens is 354 g/mol. The Morgan fingerprint density at radius 1 is 1.27 bits per heavy atom. The van der Waals surface area contributed by atoms with Crippen molar-refractivity contribution in [3.63, 3.8) is 0 Å². The predicted molar refractivity (Wildman–Crippen MR) is 98.3 cm³/mol. The maximum absolute atomic E-state index is 12.2. The first-order chi connectivity index (χ1) is 12.5. The summed E-state index contributed by atoms with van der Waals surface area (Å²) in [5.41, 5.74) is 1.89. The zero-order chi connectivity index (χ0) is 18.5. The molecule has 7 heteroatoms. The highest BCUT2D eigenvalue weighted by molar-refractivity contribution is 6.30. The zero-order valence-electron chi connectivity index (χ0n) is 14.7. The molecule has 3 rings (SSSR count). The number of hydrogen-bond acceptors (Lipinski definition) is 4. The minimum atomic E-state index is -0.272. The molecule has 0 fully saturated rings. The Balaban J connectivity index is 1.53. The van der Waals surface area contributed by atoms with Gasteiger partial charge in [0.1, 0.15) is 18.1 Å². The fourth-order valence-corrected chi connectivity index (χ4v) is 2.55. The number of halogens is 1. The summed E-state index contributed by atoms with van der Waals surface area (Å²) in [4.78, 5) is 12.2. The molecule has 1 N–H and O–H groups in total. The number of carbonyl (C=O) groups is 1. The van der Waals surface area contributed by atoms with E-state index in [2.05, 4.69) is 10.4 Å². The largest absolute Gasteiger partial charge is 0.486 e. The van der Waals surface area contributed by atoms with Gasteiger partial charge in [0.2, 0.25) is 0 Å². The van der Waals surface area contributed by atoms with E-state index < -0.39 is 0 Å². The lowest BCUT2D eigenvalue weighted by Gasteiger charge is -2.04. The van der Waals surface area contributed by atoms with Crippen LogP contribution in [0.2, 0.25) is 5.02 Å². The number of aromatic nitrogens is 2. The number of amides is 1. The Morgan fingerprint density at radius 3 is 2.73 bits per heavy atom. The Labute approximate surface area is 156 Å². The summed E-state index contributed by atoms with van der Waals surface area (Å²) in [5, 5.41) is 7.85. The Kier molecular flexibility index (Phi) is 5.63. The number of nitrogens with zero attached hydrogens (tertiary/aromatic N) is 2. The molecule has 136 valence electrons. The van der Waals surface area contributed by atoms with E-state index in [0.29, 0.717) is 23.1 Å². The van der Waals surface area contributed by atoms with E-state index in [4.69, 9.17) is 20.8 Å². The van der Waals surface area contributed by atoms with Gasteiger partial charge in [-0.15, -0.1) is 0 Å². The molecular formula is C19H20ClN3O3. The van der Waals surface area contributed by atoms with Crippen LogP contribution in [0, 0.1) is 6.92 Å². The van der Waals surface area contributed by atoms with Gasteiger partial charge in [-0.05, 0) is 50.2 Å². The molecule has 0 bridgehead atoms. The van der Waals surface area contributed by atoms with Crippen molar-refractivity contribution in [2.45, 2.75) is 33.5 Å². The van der Waals surface area contributed by atoms with Crippen LogP contribution in [-0.2, 0) is 19.7 Å². The molecule has 26 heavy (non-hydrogen) atoms. The highest BCUT2D eigenvalue weighted by Crippen LogP contribution is 2.18. The number of nitrogens with one attached hydrogen (secondary N) is 1. The van der Waals surface area contributed by atoms with E-state index in [0.717, 1.165) is 17.8 Å². The van der Waals surface area contributed by atoms with Crippen LogP contribution in [-0.4, -0.2) is 15.7 Å². The van der Waals surface area contributed by atoms with E-state index in [1.54, 1.807) is 36.4 Å². The minimum Gasteiger partial charge on any atom is -0.486 e. The molecule has 0 unspecified atom stereocenters. The first-order valence-corrected chi connectivity index (χ1v) is 8.71. The Bertz CT molecular complexity index is 884. The first-order valence-electron chi connectivity index (χ1n) is 8.33. The van der Waals surface area contributed by atoms with E-state index >= 15 is 0 Å². The van der Waals surface area contributed by atoms with Crippen molar-refractivity contribution in [1.29, 1.82) is 0 Å². The van der Waals surface area contributed by atoms with Crippen molar-refractivity contribution in [1.82, 2.24) is 15.1 Å². The quantitative estimate of drug-likeness (QED) is 0.680. The van der Waals surface area contributed by atoms with E-state index in [-0.39, 0.29) is 18.3 Å². The first kappa shape index (κ1) is 18.1. The number of hydrogen-bond donors (Lipinski definition) is 1. The van der Waals surface area contributed by atoms with Crippen molar-refractivity contribution in [2.24, 2.45) is 0 Å². The standard InChI is InChI=1S/C19H20ClN3O3/c1-3-23-11-14(13(2)22-23)10-21-19(24)18-9-8-17(26-18)12-25-16-6-4-15(20)5-7-16/h4-9,11H,3,10,12H2,1-2H3,(H,21,24). The highest BCUT2D eigenvalue weighted by atomic mass is 35.5. The molecule has 0 aliphatic rings. The van der Waals surface area contributed by atoms with Crippen LogP contribution in [0.4, 0.5) is 0 Å². The molecule has 1 aromatic carbocycles. The Morgan fingerprint density at radius 2 is 2.04 bits per heavy atom. The molecule has 0 saturated carbocycles. The van der Waals surface area contributed by atoms with E-state index in [9.17, 15) is 4.79 Å². The van der Waals surface area contributed by atoms with Crippen molar-refractivity contribution in [2.75, 3.05) is 0 Å². The van der Waals surface area contributed by atoms with Gasteiger partial charge in [0.05, 0.1) is 5.69 Å². The van der Waals surface area contributed by atoms with Gasteiger partial charge in [-0.25, -0.2) is 0 Å². The lowest BCUT2D eigenvalue weighted by Crippen LogP contribution is -2.22. The highest BCUT2D eigenvalue weighted by Gasteiger charge is 2.13. The van der Waals surface area contributed by atoms with Gasteiger partial charge in [-0.3, -0.25) is 9.48 Å². The average molecular weight is 374 g/mol. The Hall–Kier alpha value is -2.73. The molecule has 1 amide bonds. The third-order valence-electron chi connectivity index (χ3n) is 3.89. The zero-order valence-corrected chi connectivity index (χ0v) is 15.4. The molecule has 0 aliphatic heterocycles. The number of benzene rings is 1. The van der Waals surface area contributed by atoms with E-state index in [1.807, 2.05) is 24.7 Å². The molecule has 0 atom stereocenters. The summed E-state index contributed by atoms with van der Waals surface area (Å²) in [6.45, 7) is 5.38. The van der Waals surface area contributed by atoms with Crippen LogP contribution >= 0.6 is 11.6 Å². The molecule has 2 aromatic heterocycles. The number of aryl methyl sites for hydroxylation is 2. The SMILES string of the molecule is CCn1cc(CNC(=O)c2ccc(COc3ccc(Cl)cc3)o2)c(C)n1. The fourth-order valence-electron chi connectivity index (χ4n) is 2.42. The molecule has 3 aromatic rings. The minimum absolute atomic E-state index is 0.233. The topological polar surface area (TPSA) is 69.3 Å². The maximum atomic E-state index is 12.2. The van der Waals surface area contributed by atoms with Crippen molar-refractivity contribution in [3.05, 3.63) is 70.4 Å². The molecule has 0 spiro atoms. The number of carbonyl (C=O) groups excluding carboxylic acids is 1. The van der Waals surface area contributed by atoms with Gasteiger partial charge in [0.25, 0.3) is 5.91 Å². The number of furan rings is 1. The number of ether oxygens (including phenoxy) is 1. The van der Waals surface area contributed by atoms with Gasteiger partial charge < -0.3 is 14.5 Å². The van der Waals surface area contributed by atoms with Crippen molar-refractivity contribution >= 4 is 17.5 Å². The number of rotatable bonds is 7. The van der Waals surface area contributed by atoms with Crippen LogP contribution in [0.15, 0.2) is 47.0 Å². The molecule has 0 aliphatic carbocycles. The van der Waals surface area contributed by atoms with Crippen LogP contribution in [0.25, 0.3) is 0 Å². The summed E-state index contributed by atoms with van der Waals surface area (Å²) in [7, 11) is 0.